The van der Waals surface area contributed by atoms with Crippen LogP contribution in [0, 0.1) is 18.3 Å². The minimum atomic E-state index is -0.287. The van der Waals surface area contributed by atoms with E-state index in [1.165, 1.54) is 0 Å². The van der Waals surface area contributed by atoms with Crippen LogP contribution in [0.3, 0.4) is 0 Å². The number of aryl methyl sites for hydroxylation is 1. The van der Waals surface area contributed by atoms with Crippen molar-refractivity contribution in [3.8, 4) is 6.07 Å². The number of nitriles is 1. The summed E-state index contributed by atoms with van der Waals surface area (Å²) < 4.78 is 0. The van der Waals surface area contributed by atoms with Crippen LogP contribution in [0.5, 0.6) is 0 Å². The van der Waals surface area contributed by atoms with Crippen molar-refractivity contribution in [2.45, 2.75) is 13.5 Å². The number of anilines is 2. The number of benzene rings is 2. The number of carbonyl (C=O) groups excluding carboxylic acids is 1. The van der Waals surface area contributed by atoms with Crippen LogP contribution in [0.4, 0.5) is 11.5 Å². The van der Waals surface area contributed by atoms with Gasteiger partial charge in [0.1, 0.15) is 6.07 Å². The van der Waals surface area contributed by atoms with Gasteiger partial charge in [-0.2, -0.15) is 5.26 Å². The molecule has 0 fully saturated rings. The Morgan fingerprint density at radius 3 is 2.54 bits per heavy atom. The van der Waals surface area contributed by atoms with Gasteiger partial charge in [-0.05, 0) is 42.3 Å². The normalized spacial score (nSPS) is 10.0. The van der Waals surface area contributed by atoms with E-state index >= 15 is 0 Å². The Morgan fingerprint density at radius 1 is 1.04 bits per heavy atom. The molecule has 1 amide bonds. The second-order valence-electron chi connectivity index (χ2n) is 5.70. The first kappa shape index (κ1) is 17.1. The molecule has 6 nitrogen and oxygen atoms in total. The minimum absolute atomic E-state index is 0.234. The second-order valence-corrected chi connectivity index (χ2v) is 5.70. The van der Waals surface area contributed by atoms with Gasteiger partial charge in [0.05, 0.1) is 11.3 Å². The first-order valence-corrected chi connectivity index (χ1v) is 8.10. The molecule has 0 aliphatic rings. The van der Waals surface area contributed by atoms with Crippen molar-refractivity contribution in [1.29, 1.82) is 5.26 Å². The van der Waals surface area contributed by atoms with Crippen LogP contribution < -0.4 is 10.6 Å². The molecule has 2 N–H and O–H groups in total. The average molecular weight is 343 g/mol. The summed E-state index contributed by atoms with van der Waals surface area (Å²) in [6.07, 6.45) is 0. The highest BCUT2D eigenvalue weighted by atomic mass is 16.1. The SMILES string of the molecule is Cc1ccccc1CNC(=O)c1ccc(Nc2ccccc2C#N)nn1. The van der Waals surface area contributed by atoms with E-state index in [-0.39, 0.29) is 11.6 Å². The number of nitrogens with zero attached hydrogens (tertiary/aromatic N) is 3. The topological polar surface area (TPSA) is 90.7 Å². The molecule has 0 atom stereocenters. The van der Waals surface area contributed by atoms with Crippen LogP contribution in [0.2, 0.25) is 0 Å². The molecule has 1 heterocycles. The highest BCUT2D eigenvalue weighted by molar-refractivity contribution is 5.92. The van der Waals surface area contributed by atoms with Crippen molar-refractivity contribution >= 4 is 17.4 Å². The van der Waals surface area contributed by atoms with Gasteiger partial charge >= 0.3 is 0 Å². The predicted molar refractivity (Wildman–Crippen MR) is 98.8 cm³/mol. The maximum atomic E-state index is 12.2. The van der Waals surface area contributed by atoms with Crippen LogP contribution in [0.25, 0.3) is 0 Å². The Balaban J connectivity index is 1.65. The molecule has 6 heteroatoms. The van der Waals surface area contributed by atoms with E-state index in [4.69, 9.17) is 5.26 Å². The quantitative estimate of drug-likeness (QED) is 0.741. The van der Waals surface area contributed by atoms with Gasteiger partial charge in [0.2, 0.25) is 0 Å². The van der Waals surface area contributed by atoms with Crippen LogP contribution in [0.15, 0.2) is 60.7 Å². The van der Waals surface area contributed by atoms with E-state index in [9.17, 15) is 4.79 Å². The third-order valence-corrected chi connectivity index (χ3v) is 3.91. The smallest absolute Gasteiger partial charge is 0.272 e. The van der Waals surface area contributed by atoms with Crippen molar-refractivity contribution < 1.29 is 4.79 Å². The van der Waals surface area contributed by atoms with Crippen molar-refractivity contribution in [2.75, 3.05) is 5.32 Å². The molecule has 0 saturated heterocycles. The number of aromatic nitrogens is 2. The standard InChI is InChI=1S/C20H17N5O/c1-14-6-2-3-8-16(14)13-22-20(26)18-10-11-19(25-24-18)23-17-9-5-4-7-15(17)12-21/h2-11H,13H2,1H3,(H,22,26)(H,23,25). The fraction of sp³-hybridized carbons (Fsp3) is 0.100. The zero-order valence-electron chi connectivity index (χ0n) is 14.2. The van der Waals surface area contributed by atoms with Crippen LogP contribution in [-0.4, -0.2) is 16.1 Å². The summed E-state index contributed by atoms with van der Waals surface area (Å²) in [4.78, 5) is 12.2. The van der Waals surface area contributed by atoms with Crippen molar-refractivity contribution in [2.24, 2.45) is 0 Å². The molecule has 0 radical (unpaired) electrons. The summed E-state index contributed by atoms with van der Waals surface area (Å²) in [6.45, 7) is 2.43. The molecular weight excluding hydrogens is 326 g/mol. The van der Waals surface area contributed by atoms with E-state index in [0.29, 0.717) is 23.6 Å². The molecule has 128 valence electrons. The van der Waals surface area contributed by atoms with Crippen LogP contribution >= 0.6 is 0 Å². The van der Waals surface area contributed by atoms with E-state index in [0.717, 1.165) is 11.1 Å². The lowest BCUT2D eigenvalue weighted by Crippen LogP contribution is -2.24. The summed E-state index contributed by atoms with van der Waals surface area (Å²) in [5.41, 5.74) is 3.56. The second kappa shape index (κ2) is 7.90. The van der Waals surface area contributed by atoms with Crippen molar-refractivity contribution in [3.05, 3.63) is 83.0 Å². The van der Waals surface area contributed by atoms with E-state index in [1.807, 2.05) is 37.3 Å². The Bertz CT molecular complexity index is 960. The molecule has 0 unspecified atom stereocenters. The Labute approximate surface area is 151 Å². The first-order chi connectivity index (χ1) is 12.7. The number of hydrogen-bond donors (Lipinski definition) is 2. The van der Waals surface area contributed by atoms with Crippen molar-refractivity contribution in [1.82, 2.24) is 15.5 Å². The van der Waals surface area contributed by atoms with Gasteiger partial charge in [0, 0.05) is 6.54 Å². The van der Waals surface area contributed by atoms with Gasteiger partial charge in [-0.1, -0.05) is 36.4 Å². The number of nitrogens with one attached hydrogen (secondary N) is 2. The van der Waals surface area contributed by atoms with Gasteiger partial charge in [-0.3, -0.25) is 4.79 Å². The fourth-order valence-corrected chi connectivity index (χ4v) is 2.42. The third-order valence-electron chi connectivity index (χ3n) is 3.91. The molecule has 0 spiro atoms. The van der Waals surface area contributed by atoms with Gasteiger partial charge in [0.25, 0.3) is 5.91 Å². The molecule has 3 rings (SSSR count). The molecule has 3 aromatic rings. The van der Waals surface area contributed by atoms with Crippen LogP contribution in [0.1, 0.15) is 27.2 Å². The maximum Gasteiger partial charge on any atom is 0.272 e. The largest absolute Gasteiger partial charge is 0.347 e. The van der Waals surface area contributed by atoms with Gasteiger partial charge in [-0.25, -0.2) is 0 Å². The van der Waals surface area contributed by atoms with E-state index < -0.39 is 0 Å². The maximum absolute atomic E-state index is 12.2. The lowest BCUT2D eigenvalue weighted by molar-refractivity contribution is 0.0945. The van der Waals surface area contributed by atoms with Crippen molar-refractivity contribution in [3.63, 3.8) is 0 Å². The molecule has 0 bridgehead atoms. The van der Waals surface area contributed by atoms with Gasteiger partial charge < -0.3 is 10.6 Å². The number of amides is 1. The lowest BCUT2D eigenvalue weighted by Gasteiger charge is -2.08. The summed E-state index contributed by atoms with van der Waals surface area (Å²) in [6, 6.07) is 20.3. The molecule has 2 aromatic carbocycles. The Kier molecular flexibility index (Phi) is 5.20. The molecule has 1 aromatic heterocycles. The number of rotatable bonds is 5. The molecule has 0 saturated carbocycles. The Morgan fingerprint density at radius 2 is 1.81 bits per heavy atom. The number of para-hydroxylation sites is 1. The number of carbonyl (C=O) groups is 1. The summed E-state index contributed by atoms with van der Waals surface area (Å²) in [7, 11) is 0. The molecule has 26 heavy (non-hydrogen) atoms. The number of hydrogen-bond acceptors (Lipinski definition) is 5. The zero-order valence-corrected chi connectivity index (χ0v) is 14.2. The van der Waals surface area contributed by atoms with E-state index in [2.05, 4.69) is 26.9 Å². The lowest BCUT2D eigenvalue weighted by atomic mass is 10.1. The molecule has 0 aliphatic heterocycles. The van der Waals surface area contributed by atoms with E-state index in [1.54, 1.807) is 30.3 Å². The predicted octanol–water partition coefficient (Wildman–Crippen LogP) is 3.33. The Hall–Kier alpha value is -3.72. The third kappa shape index (κ3) is 4.02. The molecular formula is C20H17N5O. The minimum Gasteiger partial charge on any atom is -0.347 e. The fourth-order valence-electron chi connectivity index (χ4n) is 2.42. The average Bonchev–Trinajstić information content (AvgIpc) is 2.68. The summed E-state index contributed by atoms with van der Waals surface area (Å²) in [5.74, 6) is 0.174. The van der Waals surface area contributed by atoms with Crippen LogP contribution in [-0.2, 0) is 6.54 Å². The first-order valence-electron chi connectivity index (χ1n) is 8.10. The van der Waals surface area contributed by atoms with Gasteiger partial charge in [-0.15, -0.1) is 10.2 Å². The summed E-state index contributed by atoms with van der Waals surface area (Å²) in [5, 5.41) is 22.9. The molecule has 0 aliphatic carbocycles. The zero-order chi connectivity index (χ0) is 18.4. The summed E-state index contributed by atoms with van der Waals surface area (Å²) >= 11 is 0. The van der Waals surface area contributed by atoms with Gasteiger partial charge in [0.15, 0.2) is 11.5 Å². The monoisotopic (exact) mass is 343 g/mol. The highest BCUT2D eigenvalue weighted by Gasteiger charge is 2.09. The highest BCUT2D eigenvalue weighted by Crippen LogP contribution is 2.18.